The summed E-state index contributed by atoms with van der Waals surface area (Å²) < 4.78 is 10.4. The topological polar surface area (TPSA) is 86.5 Å². The van der Waals surface area contributed by atoms with Crippen LogP contribution in [0.2, 0.25) is 0 Å². The van der Waals surface area contributed by atoms with Gasteiger partial charge in [-0.2, -0.15) is 0 Å². The molecule has 2 heterocycles. The average Bonchev–Trinajstić information content (AvgIpc) is 2.86. The van der Waals surface area contributed by atoms with Crippen LogP contribution in [-0.4, -0.2) is 17.7 Å². The number of nitrogen functional groups attached to an aromatic ring is 1. The molecule has 96 valence electrons. The summed E-state index contributed by atoms with van der Waals surface area (Å²) in [5, 5.41) is 2.72. The molecule has 6 nitrogen and oxygen atoms in total. The van der Waals surface area contributed by atoms with E-state index < -0.39 is 0 Å². The summed E-state index contributed by atoms with van der Waals surface area (Å²) in [5.41, 5.74) is 6.97. The Labute approximate surface area is 109 Å². The fourth-order valence-corrected chi connectivity index (χ4v) is 1.74. The maximum atomic E-state index is 12.0. The number of nitrogens with one attached hydrogen (secondary N) is 1. The van der Waals surface area contributed by atoms with Crippen LogP contribution in [0.3, 0.4) is 0 Å². The van der Waals surface area contributed by atoms with Gasteiger partial charge in [0.15, 0.2) is 11.5 Å². The fourth-order valence-electron chi connectivity index (χ4n) is 1.74. The molecule has 0 saturated heterocycles. The van der Waals surface area contributed by atoms with Crippen LogP contribution in [0.15, 0.2) is 36.5 Å². The van der Waals surface area contributed by atoms with E-state index in [1.165, 1.54) is 12.3 Å². The van der Waals surface area contributed by atoms with Gasteiger partial charge >= 0.3 is 0 Å². The van der Waals surface area contributed by atoms with Crippen molar-refractivity contribution in [3.63, 3.8) is 0 Å². The maximum absolute atomic E-state index is 12.0. The van der Waals surface area contributed by atoms with Crippen LogP contribution in [0, 0.1) is 0 Å². The number of hydrogen-bond donors (Lipinski definition) is 2. The number of benzene rings is 1. The predicted molar refractivity (Wildman–Crippen MR) is 69.2 cm³/mol. The Morgan fingerprint density at radius 1 is 1.21 bits per heavy atom. The van der Waals surface area contributed by atoms with Crippen LogP contribution in [0.25, 0.3) is 0 Å². The van der Waals surface area contributed by atoms with Crippen molar-refractivity contribution in [2.75, 3.05) is 17.8 Å². The van der Waals surface area contributed by atoms with Crippen molar-refractivity contribution >= 4 is 17.3 Å². The number of aromatic nitrogens is 1. The summed E-state index contributed by atoms with van der Waals surface area (Å²) in [6.45, 7) is 0.198. The molecule has 1 aromatic heterocycles. The van der Waals surface area contributed by atoms with Gasteiger partial charge in [-0.25, -0.2) is 0 Å². The molecular formula is C13H11N3O3. The highest BCUT2D eigenvalue weighted by molar-refractivity contribution is 6.03. The van der Waals surface area contributed by atoms with Gasteiger partial charge in [0.2, 0.25) is 6.79 Å². The second-order valence-electron chi connectivity index (χ2n) is 4.00. The third kappa shape index (κ3) is 2.28. The highest BCUT2D eigenvalue weighted by atomic mass is 16.7. The minimum Gasteiger partial charge on any atom is -0.454 e. The van der Waals surface area contributed by atoms with Crippen LogP contribution < -0.4 is 20.5 Å². The fraction of sp³-hybridized carbons (Fsp3) is 0.0769. The van der Waals surface area contributed by atoms with Crippen LogP contribution in [0.5, 0.6) is 11.5 Å². The molecule has 1 amide bonds. The van der Waals surface area contributed by atoms with Crippen LogP contribution in [0.4, 0.5) is 11.4 Å². The quantitative estimate of drug-likeness (QED) is 0.854. The second kappa shape index (κ2) is 4.49. The molecule has 0 bridgehead atoms. The lowest BCUT2D eigenvalue weighted by Gasteiger charge is -2.06. The van der Waals surface area contributed by atoms with Gasteiger partial charge < -0.3 is 20.5 Å². The van der Waals surface area contributed by atoms with Crippen molar-refractivity contribution in [2.24, 2.45) is 0 Å². The van der Waals surface area contributed by atoms with Gasteiger partial charge in [0.05, 0.1) is 0 Å². The van der Waals surface area contributed by atoms with Gasteiger partial charge in [-0.05, 0) is 24.3 Å². The number of ether oxygens (including phenoxy) is 2. The van der Waals surface area contributed by atoms with E-state index in [9.17, 15) is 4.79 Å². The third-order valence-electron chi connectivity index (χ3n) is 2.65. The van der Waals surface area contributed by atoms with Gasteiger partial charge in [-0.15, -0.1) is 0 Å². The SMILES string of the molecule is Nc1ccnc(C(=O)Nc2ccc3c(c2)OCO3)c1. The smallest absolute Gasteiger partial charge is 0.274 e. The van der Waals surface area contributed by atoms with E-state index in [0.29, 0.717) is 22.9 Å². The molecule has 6 heteroatoms. The first-order valence-corrected chi connectivity index (χ1v) is 5.65. The number of nitrogens with two attached hydrogens (primary N) is 1. The Bertz CT molecular complexity index is 643. The number of anilines is 2. The van der Waals surface area contributed by atoms with Crippen molar-refractivity contribution in [1.29, 1.82) is 0 Å². The summed E-state index contributed by atoms with van der Waals surface area (Å²) >= 11 is 0. The van der Waals surface area contributed by atoms with Crippen molar-refractivity contribution in [3.05, 3.63) is 42.2 Å². The first kappa shape index (κ1) is 11.3. The lowest BCUT2D eigenvalue weighted by molar-refractivity contribution is 0.102. The molecule has 1 aromatic carbocycles. The van der Waals surface area contributed by atoms with E-state index in [-0.39, 0.29) is 18.4 Å². The highest BCUT2D eigenvalue weighted by Crippen LogP contribution is 2.34. The van der Waals surface area contributed by atoms with Crippen LogP contribution >= 0.6 is 0 Å². The lowest BCUT2D eigenvalue weighted by atomic mass is 10.2. The first-order chi connectivity index (χ1) is 9.22. The third-order valence-corrected chi connectivity index (χ3v) is 2.65. The molecule has 0 atom stereocenters. The van der Waals surface area contributed by atoms with Gasteiger partial charge in [-0.1, -0.05) is 0 Å². The summed E-state index contributed by atoms with van der Waals surface area (Å²) in [4.78, 5) is 15.9. The average molecular weight is 257 g/mol. The number of rotatable bonds is 2. The monoisotopic (exact) mass is 257 g/mol. The van der Waals surface area contributed by atoms with E-state index >= 15 is 0 Å². The predicted octanol–water partition coefficient (Wildman–Crippen LogP) is 1.64. The maximum Gasteiger partial charge on any atom is 0.274 e. The molecule has 3 rings (SSSR count). The molecule has 0 radical (unpaired) electrons. The van der Waals surface area contributed by atoms with E-state index in [2.05, 4.69) is 10.3 Å². The minimum atomic E-state index is -0.328. The summed E-state index contributed by atoms with van der Waals surface area (Å²) in [6.07, 6.45) is 1.49. The van der Waals surface area contributed by atoms with Crippen LogP contribution in [-0.2, 0) is 0 Å². The van der Waals surface area contributed by atoms with Gasteiger partial charge in [0.1, 0.15) is 5.69 Å². The number of fused-ring (bicyclic) bond motifs is 1. The zero-order chi connectivity index (χ0) is 13.2. The summed E-state index contributed by atoms with van der Waals surface area (Å²) in [5.74, 6) is 0.949. The molecule has 0 spiro atoms. The number of nitrogens with zero attached hydrogens (tertiary/aromatic N) is 1. The Balaban J connectivity index is 1.80. The van der Waals surface area contributed by atoms with Crippen molar-refractivity contribution in [2.45, 2.75) is 0 Å². The van der Waals surface area contributed by atoms with Gasteiger partial charge in [-0.3, -0.25) is 9.78 Å². The van der Waals surface area contributed by atoms with E-state index in [4.69, 9.17) is 15.2 Å². The molecule has 3 N–H and O–H groups in total. The van der Waals surface area contributed by atoms with Gasteiger partial charge in [0.25, 0.3) is 5.91 Å². The van der Waals surface area contributed by atoms with Crippen LogP contribution in [0.1, 0.15) is 10.5 Å². The minimum absolute atomic E-state index is 0.198. The first-order valence-electron chi connectivity index (χ1n) is 5.65. The summed E-state index contributed by atoms with van der Waals surface area (Å²) in [7, 11) is 0. The Morgan fingerprint density at radius 2 is 2.05 bits per heavy atom. The summed E-state index contributed by atoms with van der Waals surface area (Å²) in [6, 6.07) is 8.31. The zero-order valence-corrected chi connectivity index (χ0v) is 9.92. The molecule has 2 aromatic rings. The van der Waals surface area contributed by atoms with Crippen molar-refractivity contribution in [1.82, 2.24) is 4.98 Å². The lowest BCUT2D eigenvalue weighted by Crippen LogP contribution is -2.13. The number of hydrogen-bond acceptors (Lipinski definition) is 5. The second-order valence-corrected chi connectivity index (χ2v) is 4.00. The highest BCUT2D eigenvalue weighted by Gasteiger charge is 2.15. The van der Waals surface area contributed by atoms with Gasteiger partial charge in [0, 0.05) is 23.6 Å². The normalized spacial score (nSPS) is 12.2. The molecule has 1 aliphatic rings. The number of carbonyl (C=O) groups excluding carboxylic acids is 1. The number of pyridine rings is 1. The van der Waals surface area contributed by atoms with Crippen molar-refractivity contribution in [3.8, 4) is 11.5 Å². The van der Waals surface area contributed by atoms with E-state index in [0.717, 1.165) is 0 Å². The Hall–Kier alpha value is -2.76. The molecule has 0 unspecified atom stereocenters. The molecule has 1 aliphatic heterocycles. The zero-order valence-electron chi connectivity index (χ0n) is 9.92. The number of amides is 1. The van der Waals surface area contributed by atoms with Crippen molar-refractivity contribution < 1.29 is 14.3 Å². The molecule has 19 heavy (non-hydrogen) atoms. The molecule has 0 fully saturated rings. The molecule has 0 saturated carbocycles. The molecular weight excluding hydrogens is 246 g/mol. The Morgan fingerprint density at radius 3 is 2.89 bits per heavy atom. The standard InChI is InChI=1S/C13H11N3O3/c14-8-3-4-15-10(5-8)13(17)16-9-1-2-11-12(6-9)19-7-18-11/h1-6H,7H2,(H2,14,15)(H,16,17). The largest absolute Gasteiger partial charge is 0.454 e. The van der Waals surface area contributed by atoms with E-state index in [1.807, 2.05) is 0 Å². The number of carbonyl (C=O) groups is 1. The van der Waals surface area contributed by atoms with E-state index in [1.54, 1.807) is 24.3 Å². The molecule has 0 aliphatic carbocycles. The Kier molecular flexibility index (Phi) is 2.68.